The molecule has 0 saturated carbocycles. The van der Waals surface area contributed by atoms with E-state index in [4.69, 9.17) is 0 Å². The van der Waals surface area contributed by atoms with Crippen LogP contribution in [0.1, 0.15) is 6.42 Å². The number of rotatable bonds is 5. The fourth-order valence-electron chi connectivity index (χ4n) is 2.53. The Morgan fingerprint density at radius 3 is 2.35 bits per heavy atom. The second kappa shape index (κ2) is 7.65. The van der Waals surface area contributed by atoms with Gasteiger partial charge in [0.15, 0.2) is 0 Å². The summed E-state index contributed by atoms with van der Waals surface area (Å²) in [5, 5.41) is 2.69. The van der Waals surface area contributed by atoms with E-state index in [-0.39, 0.29) is 11.7 Å². The Morgan fingerprint density at radius 2 is 1.78 bits per heavy atom. The largest absolute Gasteiger partial charge is 0.573 e. The number of hydrogen-bond acceptors (Lipinski definition) is 2. The molecular formula is C15H22F3N3O2+2. The van der Waals surface area contributed by atoms with Crippen LogP contribution in [0.15, 0.2) is 24.3 Å². The molecule has 3 N–H and O–H groups in total. The van der Waals surface area contributed by atoms with Gasteiger partial charge in [-0.05, 0) is 24.3 Å². The lowest BCUT2D eigenvalue weighted by Crippen LogP contribution is -3.27. The standard InChI is InChI=1S/C15H20F3N3O2/c1-20-8-10-21(11-9-20)7-6-14(22)19-12-2-4-13(5-3-12)23-15(16,17)18/h2-5H,6-11H2,1H3,(H,19,22)/p+2. The fourth-order valence-corrected chi connectivity index (χ4v) is 2.53. The molecule has 8 heteroatoms. The van der Waals surface area contributed by atoms with Crippen LogP contribution in [0.3, 0.4) is 0 Å². The van der Waals surface area contributed by atoms with Gasteiger partial charge in [0.2, 0.25) is 5.91 Å². The summed E-state index contributed by atoms with van der Waals surface area (Å²) in [6.07, 6.45) is -4.31. The molecular weight excluding hydrogens is 311 g/mol. The van der Waals surface area contributed by atoms with E-state index in [1.54, 1.807) is 0 Å². The van der Waals surface area contributed by atoms with E-state index in [2.05, 4.69) is 17.1 Å². The lowest BCUT2D eigenvalue weighted by molar-refractivity contribution is -1.00. The molecule has 1 amide bonds. The summed E-state index contributed by atoms with van der Waals surface area (Å²) in [6, 6.07) is 5.14. The highest BCUT2D eigenvalue weighted by molar-refractivity contribution is 5.90. The molecule has 1 aliphatic rings. The maximum absolute atomic E-state index is 12.1. The molecule has 1 aromatic carbocycles. The number of likely N-dealkylation sites (N-methyl/N-ethyl adjacent to an activating group) is 1. The second-order valence-corrected chi connectivity index (χ2v) is 5.83. The number of piperazine rings is 1. The van der Waals surface area contributed by atoms with Crippen LogP contribution in [0.5, 0.6) is 5.75 Å². The van der Waals surface area contributed by atoms with Crippen molar-refractivity contribution in [2.75, 3.05) is 45.1 Å². The van der Waals surface area contributed by atoms with Gasteiger partial charge in [-0.3, -0.25) is 4.79 Å². The van der Waals surface area contributed by atoms with Crippen molar-refractivity contribution >= 4 is 11.6 Å². The van der Waals surface area contributed by atoms with E-state index in [0.29, 0.717) is 12.1 Å². The van der Waals surface area contributed by atoms with Crippen LogP contribution in [0.4, 0.5) is 18.9 Å². The normalized spacial score (nSPS) is 21.7. The summed E-state index contributed by atoms with van der Waals surface area (Å²) >= 11 is 0. The predicted molar refractivity (Wildman–Crippen MR) is 78.6 cm³/mol. The number of hydrogen-bond donors (Lipinski definition) is 3. The van der Waals surface area contributed by atoms with Crippen molar-refractivity contribution in [3.63, 3.8) is 0 Å². The second-order valence-electron chi connectivity index (χ2n) is 5.83. The number of amides is 1. The minimum Gasteiger partial charge on any atom is -0.406 e. The molecule has 0 aromatic heterocycles. The van der Waals surface area contributed by atoms with Crippen LogP contribution in [0, 0.1) is 0 Å². The van der Waals surface area contributed by atoms with Crippen molar-refractivity contribution in [2.45, 2.75) is 12.8 Å². The van der Waals surface area contributed by atoms with Crippen molar-refractivity contribution in [3.05, 3.63) is 24.3 Å². The molecule has 0 radical (unpaired) electrons. The molecule has 1 aliphatic heterocycles. The summed E-state index contributed by atoms with van der Waals surface area (Å²) in [5.41, 5.74) is 0.461. The number of quaternary nitrogens is 2. The number of carbonyl (C=O) groups is 1. The smallest absolute Gasteiger partial charge is 0.406 e. The molecule has 5 nitrogen and oxygen atoms in total. The summed E-state index contributed by atoms with van der Waals surface area (Å²) in [5.74, 6) is -0.437. The highest BCUT2D eigenvalue weighted by Gasteiger charge is 2.31. The Balaban J connectivity index is 1.74. The van der Waals surface area contributed by atoms with E-state index in [1.165, 1.54) is 34.1 Å². The number of carbonyl (C=O) groups excluding carboxylic acids is 1. The Bertz CT molecular complexity index is 512. The molecule has 0 spiro atoms. The number of anilines is 1. The average molecular weight is 333 g/mol. The third-order valence-corrected chi connectivity index (χ3v) is 3.89. The SMILES string of the molecule is C[NH+]1CC[NH+](CCC(=O)Nc2ccc(OC(F)(F)F)cc2)CC1. The topological polar surface area (TPSA) is 47.2 Å². The summed E-state index contributed by atoms with van der Waals surface area (Å²) in [7, 11) is 2.16. The zero-order chi connectivity index (χ0) is 16.9. The molecule has 0 atom stereocenters. The van der Waals surface area contributed by atoms with Gasteiger partial charge in [-0.25, -0.2) is 0 Å². The lowest BCUT2D eigenvalue weighted by atomic mass is 10.2. The Labute approximate surface area is 133 Å². The summed E-state index contributed by atoms with van der Waals surface area (Å²) < 4.78 is 40.0. The molecule has 1 saturated heterocycles. The first kappa shape index (κ1) is 17.6. The molecule has 0 aliphatic carbocycles. The zero-order valence-electron chi connectivity index (χ0n) is 13.0. The average Bonchev–Trinajstić information content (AvgIpc) is 2.47. The van der Waals surface area contributed by atoms with E-state index in [1.807, 2.05) is 0 Å². The third-order valence-electron chi connectivity index (χ3n) is 3.89. The fraction of sp³-hybridized carbons (Fsp3) is 0.533. The quantitative estimate of drug-likeness (QED) is 0.669. The molecule has 0 bridgehead atoms. The van der Waals surface area contributed by atoms with Crippen LogP contribution in [0.2, 0.25) is 0 Å². The molecule has 2 rings (SSSR count). The molecule has 1 heterocycles. The molecule has 0 unspecified atom stereocenters. The van der Waals surface area contributed by atoms with Gasteiger partial charge < -0.3 is 19.9 Å². The van der Waals surface area contributed by atoms with Crippen LogP contribution >= 0.6 is 0 Å². The Kier molecular flexibility index (Phi) is 5.84. The lowest BCUT2D eigenvalue weighted by Gasteiger charge is -2.27. The van der Waals surface area contributed by atoms with E-state index in [9.17, 15) is 18.0 Å². The summed E-state index contributed by atoms with van der Waals surface area (Å²) in [6.45, 7) is 5.11. The number of alkyl halides is 3. The van der Waals surface area contributed by atoms with Gasteiger partial charge in [0.25, 0.3) is 0 Å². The molecule has 23 heavy (non-hydrogen) atoms. The minimum atomic E-state index is -4.71. The maximum Gasteiger partial charge on any atom is 0.573 e. The third kappa shape index (κ3) is 6.45. The van der Waals surface area contributed by atoms with E-state index < -0.39 is 6.36 Å². The summed E-state index contributed by atoms with van der Waals surface area (Å²) in [4.78, 5) is 14.8. The van der Waals surface area contributed by atoms with Crippen molar-refractivity contribution in [1.29, 1.82) is 0 Å². The zero-order valence-corrected chi connectivity index (χ0v) is 13.0. The first-order valence-corrected chi connectivity index (χ1v) is 7.62. The van der Waals surface area contributed by atoms with Crippen LogP contribution < -0.4 is 19.9 Å². The first-order valence-electron chi connectivity index (χ1n) is 7.62. The number of halogens is 3. The van der Waals surface area contributed by atoms with Crippen LogP contribution in [0.25, 0.3) is 0 Å². The van der Waals surface area contributed by atoms with Gasteiger partial charge in [-0.15, -0.1) is 13.2 Å². The monoisotopic (exact) mass is 333 g/mol. The van der Waals surface area contributed by atoms with Crippen LogP contribution in [-0.4, -0.2) is 52.0 Å². The molecule has 1 fully saturated rings. The highest BCUT2D eigenvalue weighted by Crippen LogP contribution is 2.23. The van der Waals surface area contributed by atoms with Crippen molar-refractivity contribution < 1.29 is 32.5 Å². The van der Waals surface area contributed by atoms with Gasteiger partial charge in [0, 0.05) is 5.69 Å². The van der Waals surface area contributed by atoms with Crippen molar-refractivity contribution in [2.24, 2.45) is 0 Å². The van der Waals surface area contributed by atoms with Crippen molar-refractivity contribution in [1.82, 2.24) is 0 Å². The Hall–Kier alpha value is -1.80. The van der Waals surface area contributed by atoms with E-state index >= 15 is 0 Å². The maximum atomic E-state index is 12.1. The van der Waals surface area contributed by atoms with E-state index in [0.717, 1.165) is 32.7 Å². The van der Waals surface area contributed by atoms with Gasteiger partial charge in [-0.2, -0.15) is 0 Å². The predicted octanol–water partition coefficient (Wildman–Crippen LogP) is -0.673. The van der Waals surface area contributed by atoms with Crippen LogP contribution in [-0.2, 0) is 4.79 Å². The minimum absolute atomic E-state index is 0.131. The van der Waals surface area contributed by atoms with Crippen molar-refractivity contribution in [3.8, 4) is 5.75 Å². The Morgan fingerprint density at radius 1 is 1.17 bits per heavy atom. The van der Waals surface area contributed by atoms with Gasteiger partial charge in [-0.1, -0.05) is 0 Å². The molecule has 1 aromatic rings. The first-order chi connectivity index (χ1) is 10.8. The number of ether oxygens (including phenoxy) is 1. The number of benzene rings is 1. The van der Waals surface area contributed by atoms with Gasteiger partial charge in [0.05, 0.1) is 20.0 Å². The van der Waals surface area contributed by atoms with Gasteiger partial charge >= 0.3 is 6.36 Å². The highest BCUT2D eigenvalue weighted by atomic mass is 19.4. The number of nitrogens with one attached hydrogen (secondary N) is 3. The van der Waals surface area contributed by atoms with Gasteiger partial charge in [0.1, 0.15) is 31.9 Å². The molecule has 128 valence electrons.